The number of nitrogens with one attached hydrogen (secondary N) is 1. The summed E-state index contributed by atoms with van der Waals surface area (Å²) in [6, 6.07) is 18.3. The number of nitrogens with zero attached hydrogens (tertiary/aromatic N) is 5. The fourth-order valence-corrected chi connectivity index (χ4v) is 6.74. The monoisotopic (exact) mass is 636 g/mol. The Morgan fingerprint density at radius 3 is 2.49 bits per heavy atom. The Morgan fingerprint density at radius 2 is 1.70 bits per heavy atom. The van der Waals surface area contributed by atoms with Crippen LogP contribution in [0.4, 0.5) is 11.4 Å². The number of aromatic amines is 1. The number of piperazine rings is 1. The third-order valence-corrected chi connectivity index (χ3v) is 9.55. The van der Waals surface area contributed by atoms with Crippen molar-refractivity contribution in [2.24, 2.45) is 4.99 Å². The third-order valence-electron chi connectivity index (χ3n) is 9.55. The Labute approximate surface area is 276 Å². The zero-order chi connectivity index (χ0) is 32.2. The van der Waals surface area contributed by atoms with Crippen molar-refractivity contribution in [2.45, 2.75) is 45.1 Å². The van der Waals surface area contributed by atoms with Gasteiger partial charge in [-0.1, -0.05) is 6.92 Å². The first-order chi connectivity index (χ1) is 23.1. The second kappa shape index (κ2) is 14.0. The van der Waals surface area contributed by atoms with Gasteiger partial charge < -0.3 is 33.9 Å². The molecule has 3 aromatic carbocycles. The molecule has 0 aliphatic carbocycles. The predicted molar refractivity (Wildman–Crippen MR) is 186 cm³/mol. The lowest BCUT2D eigenvalue weighted by atomic mass is 10.1. The number of methoxy groups -OCH3 is 1. The van der Waals surface area contributed by atoms with Crippen molar-refractivity contribution in [3.05, 3.63) is 60.2 Å². The molecule has 2 saturated heterocycles. The molecule has 0 bridgehead atoms. The number of likely N-dealkylation sites (N-methyl/N-ethyl adjacent to an activating group) is 1. The molecule has 10 nitrogen and oxygen atoms in total. The van der Waals surface area contributed by atoms with Gasteiger partial charge in [0.25, 0.3) is 5.91 Å². The zero-order valence-electron chi connectivity index (χ0n) is 27.4. The fraction of sp³-hybridized carbons (Fsp3) is 0.432. The third kappa shape index (κ3) is 6.79. The van der Waals surface area contributed by atoms with E-state index in [1.807, 2.05) is 29.3 Å². The molecule has 0 radical (unpaired) electrons. The molecule has 3 aliphatic rings. The summed E-state index contributed by atoms with van der Waals surface area (Å²) in [4.78, 5) is 32.9. The van der Waals surface area contributed by atoms with E-state index < -0.39 is 0 Å². The van der Waals surface area contributed by atoms with Crippen LogP contribution >= 0.6 is 0 Å². The highest BCUT2D eigenvalue weighted by Crippen LogP contribution is 2.38. The van der Waals surface area contributed by atoms with Crippen LogP contribution < -0.4 is 19.1 Å². The first-order valence-corrected chi connectivity index (χ1v) is 17.0. The van der Waals surface area contributed by atoms with Crippen LogP contribution in [-0.2, 0) is 0 Å². The average molecular weight is 637 g/mol. The van der Waals surface area contributed by atoms with Gasteiger partial charge in [0.2, 0.25) is 0 Å². The van der Waals surface area contributed by atoms with Gasteiger partial charge in [0.1, 0.15) is 11.6 Å². The number of unbranched alkanes of at least 4 members (excludes halogenated alkanes) is 2. The van der Waals surface area contributed by atoms with Gasteiger partial charge in [0, 0.05) is 56.3 Å². The SMILES string of the molecule is CCN1CCN(c2ccc3nc(-c4ccc(OCCCCCOc5cc6c(cc5OC)C(=O)N5CCC[C@H]5C=N6)cc4)[nH]c3c2)CC1. The lowest BCUT2D eigenvalue weighted by molar-refractivity contribution is 0.0774. The predicted octanol–water partition coefficient (Wildman–Crippen LogP) is 6.33. The van der Waals surface area contributed by atoms with Crippen molar-refractivity contribution < 1.29 is 19.0 Å². The van der Waals surface area contributed by atoms with Crippen LogP contribution in [-0.4, -0.2) is 97.5 Å². The lowest BCUT2D eigenvalue weighted by Gasteiger charge is -2.35. The number of rotatable bonds is 12. The minimum atomic E-state index is 0.0135. The highest BCUT2D eigenvalue weighted by Gasteiger charge is 2.32. The number of hydrogen-bond acceptors (Lipinski definition) is 8. The number of anilines is 1. The van der Waals surface area contributed by atoms with Gasteiger partial charge >= 0.3 is 0 Å². The van der Waals surface area contributed by atoms with E-state index in [4.69, 9.17) is 19.2 Å². The number of H-pyrrole nitrogens is 1. The average Bonchev–Trinajstić information content (AvgIpc) is 3.75. The second-order valence-electron chi connectivity index (χ2n) is 12.5. The summed E-state index contributed by atoms with van der Waals surface area (Å²) < 4.78 is 17.7. The number of carbonyl (C=O) groups is 1. The highest BCUT2D eigenvalue weighted by atomic mass is 16.5. The van der Waals surface area contributed by atoms with E-state index in [0.717, 1.165) is 99.5 Å². The first kappa shape index (κ1) is 31.1. The normalized spacial score (nSPS) is 17.9. The van der Waals surface area contributed by atoms with Crippen LogP contribution in [0.15, 0.2) is 59.6 Å². The molecule has 4 aromatic rings. The van der Waals surface area contributed by atoms with E-state index in [2.05, 4.69) is 57.0 Å². The second-order valence-corrected chi connectivity index (χ2v) is 12.5. The molecule has 1 aromatic heterocycles. The summed E-state index contributed by atoms with van der Waals surface area (Å²) >= 11 is 0. The molecule has 47 heavy (non-hydrogen) atoms. The molecule has 10 heteroatoms. The maximum Gasteiger partial charge on any atom is 0.256 e. The molecule has 2 fully saturated rings. The summed E-state index contributed by atoms with van der Waals surface area (Å²) in [5.41, 5.74) is 5.54. The molecule has 0 saturated carbocycles. The van der Waals surface area contributed by atoms with Gasteiger partial charge in [0.15, 0.2) is 11.5 Å². The summed E-state index contributed by atoms with van der Waals surface area (Å²) in [5, 5.41) is 0. The Hall–Kier alpha value is -4.57. The quantitative estimate of drug-likeness (QED) is 0.182. The Balaban J connectivity index is 0.864. The number of ether oxygens (including phenoxy) is 3. The summed E-state index contributed by atoms with van der Waals surface area (Å²) in [6.45, 7) is 9.62. The van der Waals surface area contributed by atoms with Crippen LogP contribution in [0, 0.1) is 0 Å². The molecule has 0 spiro atoms. The molecule has 4 heterocycles. The molecule has 7 rings (SSSR count). The number of benzene rings is 3. The van der Waals surface area contributed by atoms with E-state index in [0.29, 0.717) is 36.0 Å². The fourth-order valence-electron chi connectivity index (χ4n) is 6.74. The van der Waals surface area contributed by atoms with Crippen LogP contribution in [0.25, 0.3) is 22.4 Å². The number of aromatic nitrogens is 2. The van der Waals surface area contributed by atoms with E-state index >= 15 is 0 Å². The summed E-state index contributed by atoms with van der Waals surface area (Å²) in [7, 11) is 1.60. The lowest BCUT2D eigenvalue weighted by Crippen LogP contribution is -2.46. The smallest absolute Gasteiger partial charge is 0.256 e. The molecule has 246 valence electrons. The van der Waals surface area contributed by atoms with Crippen LogP contribution in [0.3, 0.4) is 0 Å². The zero-order valence-corrected chi connectivity index (χ0v) is 27.4. The van der Waals surface area contributed by atoms with Crippen LogP contribution in [0.1, 0.15) is 49.4 Å². The number of imidazole rings is 1. The highest BCUT2D eigenvalue weighted by molar-refractivity contribution is 6.03. The number of fused-ring (bicyclic) bond motifs is 3. The number of carbonyl (C=O) groups excluding carboxylic acids is 1. The molecule has 1 N–H and O–H groups in total. The number of aliphatic imine (C=N–C) groups is 1. The van der Waals surface area contributed by atoms with E-state index in [-0.39, 0.29) is 11.9 Å². The molecular formula is C37H44N6O4. The Bertz CT molecular complexity index is 1730. The summed E-state index contributed by atoms with van der Waals surface area (Å²) in [5.74, 6) is 2.90. The molecule has 0 unspecified atom stereocenters. The van der Waals surface area contributed by atoms with Crippen LogP contribution in [0.5, 0.6) is 17.2 Å². The van der Waals surface area contributed by atoms with E-state index in [1.54, 1.807) is 13.2 Å². The van der Waals surface area contributed by atoms with Crippen molar-refractivity contribution in [3.8, 4) is 28.6 Å². The van der Waals surface area contributed by atoms with Crippen LogP contribution in [0.2, 0.25) is 0 Å². The van der Waals surface area contributed by atoms with Gasteiger partial charge in [0.05, 0.1) is 48.6 Å². The topological polar surface area (TPSA) is 95.5 Å². The molecule has 1 amide bonds. The summed E-state index contributed by atoms with van der Waals surface area (Å²) in [6.07, 6.45) is 6.62. The Morgan fingerprint density at radius 1 is 0.894 bits per heavy atom. The largest absolute Gasteiger partial charge is 0.494 e. The van der Waals surface area contributed by atoms with Gasteiger partial charge in [-0.25, -0.2) is 4.98 Å². The molecular weight excluding hydrogens is 592 g/mol. The maximum atomic E-state index is 13.1. The van der Waals surface area contributed by atoms with Gasteiger partial charge in [-0.15, -0.1) is 0 Å². The van der Waals surface area contributed by atoms with Crippen molar-refractivity contribution in [1.29, 1.82) is 0 Å². The minimum absolute atomic E-state index is 0.0135. The van der Waals surface area contributed by atoms with Gasteiger partial charge in [-0.3, -0.25) is 9.79 Å². The molecule has 3 aliphatic heterocycles. The van der Waals surface area contributed by atoms with E-state index in [9.17, 15) is 4.79 Å². The van der Waals surface area contributed by atoms with Gasteiger partial charge in [-0.05, 0) is 87.2 Å². The van der Waals surface area contributed by atoms with Crippen molar-refractivity contribution in [1.82, 2.24) is 19.8 Å². The van der Waals surface area contributed by atoms with Crippen molar-refractivity contribution >= 4 is 34.5 Å². The maximum absolute atomic E-state index is 13.1. The number of amides is 1. The van der Waals surface area contributed by atoms with E-state index in [1.165, 1.54) is 5.69 Å². The van der Waals surface area contributed by atoms with Gasteiger partial charge in [-0.2, -0.15) is 0 Å². The Kier molecular flexibility index (Phi) is 9.28. The minimum Gasteiger partial charge on any atom is -0.494 e. The number of hydrogen-bond donors (Lipinski definition) is 1. The van der Waals surface area contributed by atoms with Crippen molar-refractivity contribution in [3.63, 3.8) is 0 Å². The molecule has 1 atom stereocenters. The first-order valence-electron chi connectivity index (χ1n) is 17.0. The standard InChI is InChI=1S/C37H44N6O4/c1-3-41-16-18-42(19-17-41)27-11-14-31-33(22-27)40-36(39-31)26-9-12-29(13-10-26)46-20-5-4-6-21-47-35-24-32-30(23-34(35)45-2)37(44)43-15-7-8-28(43)25-38-32/h9-14,22-25,28H,3-8,15-21H2,1-2H3,(H,39,40)/t28-/m0/s1. The van der Waals surface area contributed by atoms with Crippen molar-refractivity contribution in [2.75, 3.05) is 64.5 Å².